The highest BCUT2D eigenvalue weighted by Crippen LogP contribution is 2.35. The first-order valence-corrected chi connectivity index (χ1v) is 9.29. The van der Waals surface area contributed by atoms with Gasteiger partial charge in [-0.25, -0.2) is 4.98 Å². The Labute approximate surface area is 160 Å². The molecule has 0 bridgehead atoms. The number of hydrogen-bond acceptors (Lipinski definition) is 5. The van der Waals surface area contributed by atoms with Crippen molar-refractivity contribution in [1.29, 1.82) is 0 Å². The highest BCUT2D eigenvalue weighted by molar-refractivity contribution is 5.99. The van der Waals surface area contributed by atoms with E-state index >= 15 is 0 Å². The molecule has 4 rings (SSSR count). The lowest BCUT2D eigenvalue weighted by molar-refractivity contribution is -0.137. The van der Waals surface area contributed by atoms with Crippen LogP contribution in [0.25, 0.3) is 0 Å². The third-order valence-corrected chi connectivity index (χ3v) is 5.03. The van der Waals surface area contributed by atoms with E-state index in [1.807, 2.05) is 0 Å². The largest absolute Gasteiger partial charge is 0.421 e. The van der Waals surface area contributed by atoms with E-state index in [1.165, 1.54) is 0 Å². The van der Waals surface area contributed by atoms with Gasteiger partial charge in [-0.15, -0.1) is 0 Å². The van der Waals surface area contributed by atoms with Crippen molar-refractivity contribution in [3.05, 3.63) is 35.5 Å². The van der Waals surface area contributed by atoms with Crippen LogP contribution in [-0.4, -0.2) is 21.9 Å². The molecule has 148 valence electrons. The lowest BCUT2D eigenvalue weighted by atomic mass is 9.95. The fourth-order valence-corrected chi connectivity index (χ4v) is 3.64. The Morgan fingerprint density at radius 3 is 2.68 bits per heavy atom. The second-order valence-electron chi connectivity index (χ2n) is 7.15. The van der Waals surface area contributed by atoms with Crippen molar-refractivity contribution in [3.63, 3.8) is 0 Å². The normalized spacial score (nSPS) is 17.2. The van der Waals surface area contributed by atoms with Crippen LogP contribution in [0.4, 0.5) is 36.3 Å². The number of benzene rings is 1. The van der Waals surface area contributed by atoms with E-state index in [0.29, 0.717) is 5.69 Å². The zero-order valence-corrected chi connectivity index (χ0v) is 15.1. The van der Waals surface area contributed by atoms with E-state index in [1.54, 1.807) is 18.2 Å². The Morgan fingerprint density at radius 2 is 1.93 bits per heavy atom. The second kappa shape index (κ2) is 7.29. The molecule has 0 atom stereocenters. The fourth-order valence-electron chi connectivity index (χ4n) is 3.64. The van der Waals surface area contributed by atoms with Gasteiger partial charge in [0.2, 0.25) is 11.9 Å². The summed E-state index contributed by atoms with van der Waals surface area (Å²) < 4.78 is 40.1. The number of rotatable bonds is 4. The van der Waals surface area contributed by atoms with Crippen molar-refractivity contribution in [2.24, 2.45) is 0 Å². The number of nitrogens with zero attached hydrogens (tertiary/aromatic N) is 2. The minimum absolute atomic E-state index is 0.0188. The fraction of sp³-hybridized carbons (Fsp3) is 0.421. The van der Waals surface area contributed by atoms with Crippen molar-refractivity contribution >= 4 is 29.0 Å². The summed E-state index contributed by atoms with van der Waals surface area (Å²) in [6.45, 7) is 0. The minimum atomic E-state index is -4.53. The van der Waals surface area contributed by atoms with Crippen LogP contribution in [0.5, 0.6) is 0 Å². The van der Waals surface area contributed by atoms with Crippen LogP contribution < -0.4 is 16.0 Å². The van der Waals surface area contributed by atoms with Crippen LogP contribution in [0, 0.1) is 0 Å². The van der Waals surface area contributed by atoms with Crippen molar-refractivity contribution in [2.75, 3.05) is 16.0 Å². The molecular formula is C19H20F3N5O. The molecule has 1 aliphatic heterocycles. The standard InChI is InChI=1S/C19H20F3N5O/c20-19(21,22)14-10-23-18(27-17(14)24-12-4-2-1-3-5-12)25-13-6-7-15-11(8-13)9-16(28)26-15/h6-8,10,12H,1-5,9H2,(H,26,28)(H2,23,24,25,27). The number of halogens is 3. The van der Waals surface area contributed by atoms with Gasteiger partial charge in [-0.1, -0.05) is 19.3 Å². The summed E-state index contributed by atoms with van der Waals surface area (Å²) in [5.74, 6) is -0.213. The number of amides is 1. The molecule has 1 aromatic carbocycles. The predicted molar refractivity (Wildman–Crippen MR) is 99.6 cm³/mol. The van der Waals surface area contributed by atoms with Crippen LogP contribution >= 0.6 is 0 Å². The first-order chi connectivity index (χ1) is 13.4. The molecule has 1 aromatic heterocycles. The number of aromatic nitrogens is 2. The van der Waals surface area contributed by atoms with Gasteiger partial charge in [-0.3, -0.25) is 4.79 Å². The van der Waals surface area contributed by atoms with Gasteiger partial charge in [0.25, 0.3) is 0 Å². The molecule has 2 aromatic rings. The zero-order valence-electron chi connectivity index (χ0n) is 15.1. The molecule has 28 heavy (non-hydrogen) atoms. The molecule has 0 unspecified atom stereocenters. The van der Waals surface area contributed by atoms with Crippen LogP contribution in [0.2, 0.25) is 0 Å². The number of alkyl halides is 3. The Morgan fingerprint density at radius 1 is 1.14 bits per heavy atom. The van der Waals surface area contributed by atoms with Gasteiger partial charge in [0, 0.05) is 23.6 Å². The number of anilines is 4. The van der Waals surface area contributed by atoms with Crippen LogP contribution in [0.3, 0.4) is 0 Å². The number of carbonyl (C=O) groups excluding carboxylic acids is 1. The SMILES string of the molecule is O=C1Cc2cc(Nc3ncc(C(F)(F)F)c(NC4CCCCC4)n3)ccc2N1. The number of fused-ring (bicyclic) bond motifs is 1. The molecule has 9 heteroatoms. The monoisotopic (exact) mass is 391 g/mol. The Hall–Kier alpha value is -2.84. The molecule has 0 radical (unpaired) electrons. The summed E-state index contributed by atoms with van der Waals surface area (Å²) in [7, 11) is 0. The molecule has 3 N–H and O–H groups in total. The maximum absolute atomic E-state index is 13.4. The predicted octanol–water partition coefficient (Wildman–Crippen LogP) is 4.48. The molecule has 1 saturated carbocycles. The quantitative estimate of drug-likeness (QED) is 0.716. The topological polar surface area (TPSA) is 78.9 Å². The number of nitrogens with one attached hydrogen (secondary N) is 3. The summed E-state index contributed by atoms with van der Waals surface area (Å²) in [5.41, 5.74) is 1.30. The second-order valence-corrected chi connectivity index (χ2v) is 7.15. The molecule has 2 aliphatic rings. The smallest absolute Gasteiger partial charge is 0.367 e. The maximum Gasteiger partial charge on any atom is 0.421 e. The summed E-state index contributed by atoms with van der Waals surface area (Å²) in [4.78, 5) is 19.4. The molecule has 2 heterocycles. The third-order valence-electron chi connectivity index (χ3n) is 5.03. The number of carbonyl (C=O) groups is 1. The molecule has 0 spiro atoms. The highest BCUT2D eigenvalue weighted by atomic mass is 19.4. The van der Waals surface area contributed by atoms with Gasteiger partial charge in [0.15, 0.2) is 0 Å². The van der Waals surface area contributed by atoms with Crippen LogP contribution in [0.1, 0.15) is 43.2 Å². The zero-order chi connectivity index (χ0) is 19.7. The van der Waals surface area contributed by atoms with Crippen molar-refractivity contribution in [3.8, 4) is 0 Å². The van der Waals surface area contributed by atoms with Gasteiger partial charge < -0.3 is 16.0 Å². The van der Waals surface area contributed by atoms with E-state index in [9.17, 15) is 18.0 Å². The minimum Gasteiger partial charge on any atom is -0.367 e. The highest BCUT2D eigenvalue weighted by Gasteiger charge is 2.36. The van der Waals surface area contributed by atoms with Crippen molar-refractivity contribution < 1.29 is 18.0 Å². The van der Waals surface area contributed by atoms with Crippen LogP contribution in [0.15, 0.2) is 24.4 Å². The first-order valence-electron chi connectivity index (χ1n) is 9.29. The average Bonchev–Trinajstić information content (AvgIpc) is 3.01. The maximum atomic E-state index is 13.4. The lowest BCUT2D eigenvalue weighted by Crippen LogP contribution is -2.25. The van der Waals surface area contributed by atoms with E-state index in [2.05, 4.69) is 25.9 Å². The van der Waals surface area contributed by atoms with E-state index in [4.69, 9.17) is 0 Å². The van der Waals surface area contributed by atoms with E-state index in [-0.39, 0.29) is 30.1 Å². The summed E-state index contributed by atoms with van der Waals surface area (Å²) >= 11 is 0. The van der Waals surface area contributed by atoms with Gasteiger partial charge in [0.05, 0.1) is 6.42 Å². The van der Waals surface area contributed by atoms with E-state index < -0.39 is 11.7 Å². The Bertz CT molecular complexity index is 894. The first kappa shape index (κ1) is 18.5. The van der Waals surface area contributed by atoms with Gasteiger partial charge in [0.1, 0.15) is 11.4 Å². The summed E-state index contributed by atoms with van der Waals surface area (Å²) in [6, 6.07) is 5.21. The van der Waals surface area contributed by atoms with Gasteiger partial charge in [-0.05, 0) is 36.6 Å². The number of hydrogen-bond donors (Lipinski definition) is 3. The molecule has 0 saturated heterocycles. The van der Waals surface area contributed by atoms with Gasteiger partial charge in [-0.2, -0.15) is 18.2 Å². The Balaban J connectivity index is 1.58. The lowest BCUT2D eigenvalue weighted by Gasteiger charge is -2.25. The molecule has 1 fully saturated rings. The van der Waals surface area contributed by atoms with Crippen molar-refractivity contribution in [1.82, 2.24) is 9.97 Å². The molecular weight excluding hydrogens is 371 g/mol. The van der Waals surface area contributed by atoms with Crippen LogP contribution in [-0.2, 0) is 17.4 Å². The molecule has 6 nitrogen and oxygen atoms in total. The van der Waals surface area contributed by atoms with Crippen molar-refractivity contribution in [2.45, 2.75) is 50.7 Å². The third kappa shape index (κ3) is 4.02. The van der Waals surface area contributed by atoms with E-state index in [0.717, 1.165) is 49.6 Å². The Kier molecular flexibility index (Phi) is 4.82. The summed E-state index contributed by atoms with van der Waals surface area (Å²) in [5, 5.41) is 8.63. The average molecular weight is 391 g/mol. The summed E-state index contributed by atoms with van der Waals surface area (Å²) in [6.07, 6.45) is 1.30. The molecule has 1 aliphatic carbocycles. The molecule has 1 amide bonds. The van der Waals surface area contributed by atoms with Gasteiger partial charge >= 0.3 is 6.18 Å².